The number of aryl methyl sites for hydroxylation is 3. The Bertz CT molecular complexity index is 1210. The molecule has 1 atom stereocenters. The summed E-state index contributed by atoms with van der Waals surface area (Å²) in [5.74, 6) is -0.380. The highest BCUT2D eigenvalue weighted by Gasteiger charge is 2.49. The molecule has 160 valence electrons. The summed E-state index contributed by atoms with van der Waals surface area (Å²) in [6.07, 6.45) is 0. The van der Waals surface area contributed by atoms with Crippen molar-refractivity contribution in [1.82, 2.24) is 25.7 Å². The fourth-order valence-electron chi connectivity index (χ4n) is 3.42. The first kappa shape index (κ1) is 21.3. The molecule has 4 rings (SSSR count). The molecule has 8 nitrogen and oxygen atoms in total. The van der Waals surface area contributed by atoms with E-state index in [2.05, 4.69) is 20.7 Å². The van der Waals surface area contributed by atoms with Gasteiger partial charge in [0, 0.05) is 10.3 Å². The first-order valence-corrected chi connectivity index (χ1v) is 11.4. The third kappa shape index (κ3) is 3.77. The summed E-state index contributed by atoms with van der Waals surface area (Å²) in [7, 11) is 0. The summed E-state index contributed by atoms with van der Waals surface area (Å²) < 4.78 is 0. The Kier molecular flexibility index (Phi) is 5.44. The second-order valence-corrected chi connectivity index (χ2v) is 9.59. The molecule has 3 aromatic rings. The van der Waals surface area contributed by atoms with Gasteiger partial charge in [-0.3, -0.25) is 15.0 Å². The number of aromatic nitrogens is 2. The molecule has 0 bridgehead atoms. The first-order valence-electron chi connectivity index (χ1n) is 9.59. The maximum atomic E-state index is 12.9. The van der Waals surface area contributed by atoms with E-state index in [1.54, 1.807) is 42.5 Å². The molecule has 1 aliphatic heterocycles. The average molecular weight is 456 g/mol. The van der Waals surface area contributed by atoms with Gasteiger partial charge in [0.1, 0.15) is 21.2 Å². The number of nitrogens with zero attached hydrogens (tertiary/aromatic N) is 3. The molecule has 2 N–H and O–H groups in total. The van der Waals surface area contributed by atoms with Gasteiger partial charge in [0.05, 0.1) is 5.75 Å². The van der Waals surface area contributed by atoms with E-state index in [9.17, 15) is 14.4 Å². The summed E-state index contributed by atoms with van der Waals surface area (Å²) >= 11 is 2.85. The van der Waals surface area contributed by atoms with Crippen LogP contribution in [-0.2, 0) is 15.1 Å². The van der Waals surface area contributed by atoms with Gasteiger partial charge in [-0.05, 0) is 38.8 Å². The Morgan fingerprint density at radius 2 is 1.90 bits per heavy atom. The number of nitrogens with one attached hydrogen (secondary N) is 2. The zero-order chi connectivity index (χ0) is 22.3. The van der Waals surface area contributed by atoms with Crippen molar-refractivity contribution >= 4 is 51.2 Å². The van der Waals surface area contributed by atoms with Crippen molar-refractivity contribution in [3.05, 3.63) is 52.2 Å². The van der Waals surface area contributed by atoms with Crippen molar-refractivity contribution in [2.75, 3.05) is 5.75 Å². The van der Waals surface area contributed by atoms with Crippen molar-refractivity contribution in [1.29, 1.82) is 0 Å². The van der Waals surface area contributed by atoms with Crippen LogP contribution in [-0.4, -0.2) is 38.6 Å². The number of benzene rings is 1. The van der Waals surface area contributed by atoms with E-state index in [4.69, 9.17) is 0 Å². The first-order chi connectivity index (χ1) is 14.7. The van der Waals surface area contributed by atoms with Crippen molar-refractivity contribution in [2.45, 2.75) is 38.3 Å². The van der Waals surface area contributed by atoms with Crippen molar-refractivity contribution in [3.63, 3.8) is 0 Å². The molecule has 1 aliphatic rings. The van der Waals surface area contributed by atoms with Crippen LogP contribution in [0.15, 0.2) is 35.4 Å². The fraction of sp³-hybridized carbons (Fsp3) is 0.286. The average Bonchev–Trinajstić information content (AvgIpc) is 3.14. The van der Waals surface area contributed by atoms with E-state index in [-0.39, 0.29) is 5.75 Å². The summed E-state index contributed by atoms with van der Waals surface area (Å²) in [5, 5.41) is 5.07. The van der Waals surface area contributed by atoms with Gasteiger partial charge in [-0.2, -0.15) is 5.01 Å². The summed E-state index contributed by atoms with van der Waals surface area (Å²) in [5.41, 5.74) is 2.92. The second-order valence-electron chi connectivity index (χ2n) is 7.42. The predicted molar refractivity (Wildman–Crippen MR) is 120 cm³/mol. The number of rotatable bonds is 5. The Balaban J connectivity index is 1.48. The van der Waals surface area contributed by atoms with Gasteiger partial charge in [0.15, 0.2) is 0 Å². The van der Waals surface area contributed by atoms with Crippen molar-refractivity contribution < 1.29 is 14.4 Å². The number of hydrazine groups is 1. The minimum Gasteiger partial charge on any atom is -0.318 e. The van der Waals surface area contributed by atoms with Crippen molar-refractivity contribution in [2.24, 2.45) is 0 Å². The van der Waals surface area contributed by atoms with Crippen LogP contribution < -0.4 is 10.7 Å². The van der Waals surface area contributed by atoms with Crippen LogP contribution in [0.1, 0.15) is 28.8 Å². The smallest absolute Gasteiger partial charge is 0.318 e. The molecule has 10 heteroatoms. The third-order valence-electron chi connectivity index (χ3n) is 5.23. The van der Waals surface area contributed by atoms with E-state index in [0.717, 1.165) is 25.7 Å². The Hall–Kier alpha value is -2.98. The molecule has 0 spiro atoms. The monoisotopic (exact) mass is 455 g/mol. The van der Waals surface area contributed by atoms with E-state index in [1.807, 2.05) is 26.8 Å². The second kappa shape index (κ2) is 7.93. The zero-order valence-electron chi connectivity index (χ0n) is 17.5. The summed E-state index contributed by atoms with van der Waals surface area (Å²) in [6.45, 7) is 7.46. The van der Waals surface area contributed by atoms with Crippen LogP contribution >= 0.6 is 23.1 Å². The maximum absolute atomic E-state index is 12.9. The van der Waals surface area contributed by atoms with E-state index in [1.165, 1.54) is 11.8 Å². The number of carbonyl (C=O) groups excluding carboxylic acids is 3. The van der Waals surface area contributed by atoms with Gasteiger partial charge in [0.25, 0.3) is 5.91 Å². The lowest BCUT2D eigenvalue weighted by Crippen LogP contribution is -2.48. The summed E-state index contributed by atoms with van der Waals surface area (Å²) in [6, 6.07) is 8.25. The van der Waals surface area contributed by atoms with Crippen LogP contribution in [0.2, 0.25) is 0 Å². The van der Waals surface area contributed by atoms with Crippen LogP contribution in [0, 0.1) is 20.8 Å². The summed E-state index contributed by atoms with van der Waals surface area (Å²) in [4.78, 5) is 48.9. The molecule has 0 radical (unpaired) electrons. The fourth-order valence-corrected chi connectivity index (χ4v) is 5.48. The van der Waals surface area contributed by atoms with Gasteiger partial charge < -0.3 is 5.32 Å². The number of urea groups is 1. The lowest BCUT2D eigenvalue weighted by molar-refractivity contribution is -0.138. The minimum atomic E-state index is -1.24. The van der Waals surface area contributed by atoms with E-state index in [0.29, 0.717) is 16.4 Å². The molecule has 31 heavy (non-hydrogen) atoms. The minimum absolute atomic E-state index is 0.000993. The SMILES string of the molecule is Cc1nc(SCC(=O)NN2C(=O)NC(C)(c3ccccc3)C2=O)c2c(C)c(C)sc2n1. The predicted octanol–water partition coefficient (Wildman–Crippen LogP) is 3.21. The number of fused-ring (bicyclic) bond motifs is 1. The number of imide groups is 1. The van der Waals surface area contributed by atoms with Crippen LogP contribution in [0.3, 0.4) is 0 Å². The Morgan fingerprint density at radius 1 is 1.19 bits per heavy atom. The molecule has 1 fully saturated rings. The van der Waals surface area contributed by atoms with Gasteiger partial charge in [-0.15, -0.1) is 11.3 Å². The Morgan fingerprint density at radius 3 is 2.61 bits per heavy atom. The highest BCUT2D eigenvalue weighted by Crippen LogP contribution is 2.35. The largest absolute Gasteiger partial charge is 0.344 e. The van der Waals surface area contributed by atoms with Crippen LogP contribution in [0.5, 0.6) is 0 Å². The lowest BCUT2D eigenvalue weighted by Gasteiger charge is -2.22. The number of carbonyl (C=O) groups is 3. The molecular formula is C21H21N5O3S2. The molecule has 0 aliphatic carbocycles. The third-order valence-corrected chi connectivity index (χ3v) is 7.30. The number of amides is 4. The number of hydrogen-bond acceptors (Lipinski definition) is 7. The zero-order valence-corrected chi connectivity index (χ0v) is 19.1. The quantitative estimate of drug-likeness (QED) is 0.348. The lowest BCUT2D eigenvalue weighted by atomic mass is 9.92. The number of thiophene rings is 1. The molecule has 1 unspecified atom stereocenters. The highest BCUT2D eigenvalue weighted by atomic mass is 32.2. The van der Waals surface area contributed by atoms with Gasteiger partial charge >= 0.3 is 6.03 Å². The van der Waals surface area contributed by atoms with Crippen LogP contribution in [0.25, 0.3) is 10.2 Å². The molecule has 4 amide bonds. The highest BCUT2D eigenvalue weighted by molar-refractivity contribution is 8.00. The molecule has 1 saturated heterocycles. The maximum Gasteiger partial charge on any atom is 0.344 e. The molecular weight excluding hydrogens is 434 g/mol. The standard InChI is InChI=1S/C21H21N5O3S2/c1-11-12(2)31-18-16(11)17(22-13(3)23-18)30-10-15(27)25-26-19(28)21(4,24-20(26)29)14-8-6-5-7-9-14/h5-9H,10H2,1-4H3,(H,24,29)(H,25,27). The van der Waals surface area contributed by atoms with E-state index < -0.39 is 23.4 Å². The van der Waals surface area contributed by atoms with Gasteiger partial charge in [0.2, 0.25) is 5.91 Å². The number of hydrogen-bond donors (Lipinski definition) is 2. The topological polar surface area (TPSA) is 104 Å². The Labute approximate surface area is 187 Å². The molecule has 1 aromatic carbocycles. The normalized spacial score (nSPS) is 18.5. The molecule has 0 saturated carbocycles. The molecule has 3 heterocycles. The van der Waals surface area contributed by atoms with Gasteiger partial charge in [-0.25, -0.2) is 14.8 Å². The van der Waals surface area contributed by atoms with Crippen LogP contribution in [0.4, 0.5) is 4.79 Å². The number of thioether (sulfide) groups is 1. The van der Waals surface area contributed by atoms with Gasteiger partial charge in [-0.1, -0.05) is 42.1 Å². The molecule has 2 aromatic heterocycles. The van der Waals surface area contributed by atoms with E-state index >= 15 is 0 Å². The van der Waals surface area contributed by atoms with Crippen molar-refractivity contribution in [3.8, 4) is 0 Å².